The first-order chi connectivity index (χ1) is 11.6. The minimum Gasteiger partial charge on any atom is -0.393 e. The largest absolute Gasteiger partial charge is 0.393 e. The monoisotopic (exact) mass is 332 g/mol. The first kappa shape index (κ1) is 20.9. The molecule has 1 rings (SSSR count). The number of aliphatic hydroxyl groups is 1. The predicted octanol–water partition coefficient (Wildman–Crippen LogP) is 6.10. The van der Waals surface area contributed by atoms with Gasteiger partial charge >= 0.3 is 0 Å². The van der Waals surface area contributed by atoms with Gasteiger partial charge in [0.2, 0.25) is 0 Å². The van der Waals surface area contributed by atoms with Crippen LogP contribution in [0.5, 0.6) is 0 Å². The number of aryl methyl sites for hydroxylation is 1. The highest BCUT2D eigenvalue weighted by atomic mass is 16.3. The molecule has 2 nitrogen and oxygen atoms in total. The van der Waals surface area contributed by atoms with E-state index in [1.807, 2.05) is 12.1 Å². The van der Waals surface area contributed by atoms with Crippen molar-refractivity contribution in [2.45, 2.75) is 97.0 Å². The Labute approximate surface area is 148 Å². The summed E-state index contributed by atoms with van der Waals surface area (Å²) in [4.78, 5) is 11.9. The molecular formula is C22H36O2. The molecule has 0 aliphatic rings. The molecule has 1 atom stereocenters. The highest BCUT2D eigenvalue weighted by molar-refractivity contribution is 5.96. The fourth-order valence-electron chi connectivity index (χ4n) is 3.06. The number of unbranched alkanes of at least 4 members (excludes halogenated alkanes) is 9. The third-order valence-electron chi connectivity index (χ3n) is 4.58. The maximum absolute atomic E-state index is 11.9. The van der Waals surface area contributed by atoms with E-state index in [4.69, 9.17) is 0 Å². The molecule has 0 aromatic heterocycles. The Morgan fingerprint density at radius 1 is 0.875 bits per heavy atom. The number of carbonyl (C=O) groups excluding carboxylic acids is 1. The lowest BCUT2D eigenvalue weighted by Gasteiger charge is -2.06. The number of benzene rings is 1. The molecule has 0 saturated carbocycles. The van der Waals surface area contributed by atoms with Gasteiger partial charge in [-0.2, -0.15) is 0 Å². The summed E-state index contributed by atoms with van der Waals surface area (Å²) in [6.45, 7) is 3.92. The van der Waals surface area contributed by atoms with Crippen molar-refractivity contribution in [3.05, 3.63) is 35.4 Å². The first-order valence-corrected chi connectivity index (χ1v) is 9.93. The van der Waals surface area contributed by atoms with Gasteiger partial charge in [0.15, 0.2) is 5.78 Å². The molecule has 0 bridgehead atoms. The second-order valence-corrected chi connectivity index (χ2v) is 7.11. The number of aliphatic hydroxyl groups excluding tert-OH is 1. The number of rotatable bonds is 14. The summed E-state index contributed by atoms with van der Waals surface area (Å²) in [5.41, 5.74) is 2.02. The zero-order valence-electron chi connectivity index (χ0n) is 15.7. The second kappa shape index (κ2) is 13.2. The molecule has 1 aromatic rings. The molecule has 0 heterocycles. The van der Waals surface area contributed by atoms with Gasteiger partial charge in [-0.15, -0.1) is 0 Å². The fraction of sp³-hybridized carbons (Fsp3) is 0.682. The summed E-state index contributed by atoms with van der Waals surface area (Å²) >= 11 is 0. The Hall–Kier alpha value is -1.15. The standard InChI is InChI=1S/C22H36O2/c1-3-4-5-6-7-8-9-10-11-12-13-20-14-16-21(17-15-20)22(24)18-19(2)23/h14-17,19,23H,3-13,18H2,1-2H3/t19-/m0/s1. The van der Waals surface area contributed by atoms with Gasteiger partial charge in [0.05, 0.1) is 6.10 Å². The van der Waals surface area contributed by atoms with Crippen LogP contribution in [0.3, 0.4) is 0 Å². The van der Waals surface area contributed by atoms with E-state index in [9.17, 15) is 9.90 Å². The van der Waals surface area contributed by atoms with E-state index in [-0.39, 0.29) is 12.2 Å². The third kappa shape index (κ3) is 9.87. The number of ketones is 1. The Bertz CT molecular complexity index is 434. The third-order valence-corrected chi connectivity index (χ3v) is 4.58. The fourth-order valence-corrected chi connectivity index (χ4v) is 3.06. The molecule has 0 saturated heterocycles. The van der Waals surface area contributed by atoms with Gasteiger partial charge < -0.3 is 5.11 Å². The minimum atomic E-state index is -0.566. The molecule has 0 aliphatic carbocycles. The van der Waals surface area contributed by atoms with Gasteiger partial charge in [-0.1, -0.05) is 89.0 Å². The summed E-state index contributed by atoms with van der Waals surface area (Å²) in [6, 6.07) is 7.92. The number of hydrogen-bond donors (Lipinski definition) is 1. The van der Waals surface area contributed by atoms with E-state index in [0.717, 1.165) is 6.42 Å². The predicted molar refractivity (Wildman–Crippen MR) is 103 cm³/mol. The Morgan fingerprint density at radius 2 is 1.38 bits per heavy atom. The van der Waals surface area contributed by atoms with E-state index >= 15 is 0 Å². The Morgan fingerprint density at radius 3 is 1.88 bits per heavy atom. The summed E-state index contributed by atoms with van der Waals surface area (Å²) in [7, 11) is 0. The van der Waals surface area contributed by atoms with Crippen LogP contribution < -0.4 is 0 Å². The maximum atomic E-state index is 11.9. The van der Waals surface area contributed by atoms with Crippen molar-refractivity contribution in [2.75, 3.05) is 0 Å². The molecule has 2 heteroatoms. The van der Waals surface area contributed by atoms with E-state index in [0.29, 0.717) is 5.56 Å². The molecule has 1 N–H and O–H groups in total. The molecule has 0 amide bonds. The summed E-state index contributed by atoms with van der Waals surface area (Å²) in [6.07, 6.45) is 14.3. The van der Waals surface area contributed by atoms with E-state index < -0.39 is 6.10 Å². The maximum Gasteiger partial charge on any atom is 0.165 e. The van der Waals surface area contributed by atoms with E-state index in [2.05, 4.69) is 19.1 Å². The van der Waals surface area contributed by atoms with Crippen LogP contribution in [0.4, 0.5) is 0 Å². The lowest BCUT2D eigenvalue weighted by molar-refractivity contribution is 0.0901. The first-order valence-electron chi connectivity index (χ1n) is 9.93. The van der Waals surface area contributed by atoms with Gasteiger partial charge in [0.1, 0.15) is 0 Å². The van der Waals surface area contributed by atoms with Crippen LogP contribution in [-0.2, 0) is 6.42 Å². The molecule has 0 aliphatic heterocycles. The van der Waals surface area contributed by atoms with Crippen molar-refractivity contribution in [3.8, 4) is 0 Å². The zero-order valence-corrected chi connectivity index (χ0v) is 15.7. The molecule has 1 aromatic carbocycles. The Kier molecular flexibility index (Phi) is 11.5. The number of Topliss-reactive ketones (excluding diaryl/α,β-unsaturated/α-hetero) is 1. The van der Waals surface area contributed by atoms with Gasteiger partial charge in [-0.3, -0.25) is 4.79 Å². The number of hydrogen-bond acceptors (Lipinski definition) is 2. The van der Waals surface area contributed by atoms with Crippen LogP contribution >= 0.6 is 0 Å². The van der Waals surface area contributed by atoms with Crippen LogP contribution in [0, 0.1) is 0 Å². The lowest BCUT2D eigenvalue weighted by atomic mass is 10.0. The normalized spacial score (nSPS) is 12.3. The SMILES string of the molecule is CCCCCCCCCCCCc1ccc(C(=O)C[C@H](C)O)cc1. The van der Waals surface area contributed by atoms with Crippen molar-refractivity contribution in [3.63, 3.8) is 0 Å². The minimum absolute atomic E-state index is 0.0236. The van der Waals surface area contributed by atoms with Gasteiger partial charge in [-0.25, -0.2) is 0 Å². The van der Waals surface area contributed by atoms with Crippen molar-refractivity contribution in [1.82, 2.24) is 0 Å². The van der Waals surface area contributed by atoms with Crippen LogP contribution in [-0.4, -0.2) is 17.0 Å². The highest BCUT2D eigenvalue weighted by Gasteiger charge is 2.08. The van der Waals surface area contributed by atoms with Crippen molar-refractivity contribution in [1.29, 1.82) is 0 Å². The molecular weight excluding hydrogens is 296 g/mol. The topological polar surface area (TPSA) is 37.3 Å². The quantitative estimate of drug-likeness (QED) is 0.330. The average molecular weight is 333 g/mol. The summed E-state index contributed by atoms with van der Waals surface area (Å²) < 4.78 is 0. The van der Waals surface area contributed by atoms with E-state index in [1.165, 1.54) is 69.8 Å². The van der Waals surface area contributed by atoms with Gasteiger partial charge in [-0.05, 0) is 25.3 Å². The van der Waals surface area contributed by atoms with Crippen LogP contribution in [0.25, 0.3) is 0 Å². The molecule has 0 unspecified atom stereocenters. The van der Waals surface area contributed by atoms with Crippen LogP contribution in [0.2, 0.25) is 0 Å². The Balaban J connectivity index is 2.08. The molecule has 24 heavy (non-hydrogen) atoms. The van der Waals surface area contributed by atoms with Crippen LogP contribution in [0.1, 0.15) is 100 Å². The lowest BCUT2D eigenvalue weighted by Crippen LogP contribution is -2.09. The zero-order chi connectivity index (χ0) is 17.6. The molecule has 136 valence electrons. The summed E-state index contributed by atoms with van der Waals surface area (Å²) in [5.74, 6) is 0.0236. The van der Waals surface area contributed by atoms with Crippen LogP contribution in [0.15, 0.2) is 24.3 Å². The van der Waals surface area contributed by atoms with Crippen molar-refractivity contribution >= 4 is 5.78 Å². The van der Waals surface area contributed by atoms with E-state index in [1.54, 1.807) is 6.92 Å². The molecule has 0 spiro atoms. The average Bonchev–Trinajstić information content (AvgIpc) is 2.56. The number of carbonyl (C=O) groups is 1. The second-order valence-electron chi connectivity index (χ2n) is 7.11. The highest BCUT2D eigenvalue weighted by Crippen LogP contribution is 2.14. The molecule has 0 fully saturated rings. The van der Waals surface area contributed by atoms with Gasteiger partial charge in [0.25, 0.3) is 0 Å². The summed E-state index contributed by atoms with van der Waals surface area (Å²) in [5, 5.41) is 9.28. The van der Waals surface area contributed by atoms with Gasteiger partial charge in [0, 0.05) is 12.0 Å². The van der Waals surface area contributed by atoms with Crippen molar-refractivity contribution < 1.29 is 9.90 Å². The smallest absolute Gasteiger partial charge is 0.165 e. The molecule has 0 radical (unpaired) electrons. The van der Waals surface area contributed by atoms with Crippen molar-refractivity contribution in [2.24, 2.45) is 0 Å².